The Kier molecular flexibility index (Phi) is 3.85. The highest BCUT2D eigenvalue weighted by molar-refractivity contribution is 9.13. The number of aryl methyl sites for hydroxylation is 1. The first kappa shape index (κ1) is 13.0. The molecule has 0 aliphatic rings. The van der Waals surface area contributed by atoms with Crippen molar-refractivity contribution in [1.29, 1.82) is 0 Å². The molecular weight excluding hydrogens is 368 g/mol. The quantitative estimate of drug-likeness (QED) is 0.862. The molecule has 0 fully saturated rings. The Bertz CT molecular complexity index is 599. The summed E-state index contributed by atoms with van der Waals surface area (Å²) in [5.41, 5.74) is 1.49. The summed E-state index contributed by atoms with van der Waals surface area (Å²) in [6.07, 6.45) is 0.760. The maximum Gasteiger partial charge on any atom is 0.254 e. The minimum atomic E-state index is -0.0625. The molecule has 0 bridgehead atoms. The zero-order valence-corrected chi connectivity index (χ0v) is 13.3. The standard InChI is InChI=1S/C11H10Br2N2OS/c1-3-7-5(2)11(16)15-10(14-7)8-4-6(12)9(13)17-8/h4H,3H2,1-2H3,(H,14,15,16). The van der Waals surface area contributed by atoms with Crippen LogP contribution >= 0.6 is 43.2 Å². The molecule has 90 valence electrons. The van der Waals surface area contributed by atoms with Gasteiger partial charge in [0.25, 0.3) is 5.56 Å². The van der Waals surface area contributed by atoms with E-state index in [1.807, 2.05) is 13.0 Å². The lowest BCUT2D eigenvalue weighted by atomic mass is 10.2. The zero-order valence-electron chi connectivity index (χ0n) is 9.30. The molecule has 0 saturated heterocycles. The van der Waals surface area contributed by atoms with E-state index in [9.17, 15) is 4.79 Å². The molecule has 2 rings (SSSR count). The highest BCUT2D eigenvalue weighted by Crippen LogP contribution is 2.36. The molecular formula is C11H10Br2N2OS. The Hall–Kier alpha value is -0.460. The van der Waals surface area contributed by atoms with Crippen LogP contribution in [0.1, 0.15) is 18.2 Å². The fourth-order valence-corrected chi connectivity index (χ4v) is 3.48. The number of halogens is 2. The topological polar surface area (TPSA) is 45.8 Å². The van der Waals surface area contributed by atoms with Crippen molar-refractivity contribution >= 4 is 43.2 Å². The van der Waals surface area contributed by atoms with Gasteiger partial charge in [-0.3, -0.25) is 4.79 Å². The van der Waals surface area contributed by atoms with Crippen LogP contribution in [0.5, 0.6) is 0 Å². The summed E-state index contributed by atoms with van der Waals surface area (Å²) in [5.74, 6) is 0.633. The van der Waals surface area contributed by atoms with Crippen LogP contribution in [-0.2, 0) is 6.42 Å². The SMILES string of the molecule is CCc1nc(-c2cc(Br)c(Br)s2)[nH]c(=O)c1C. The molecule has 0 unspecified atom stereocenters. The van der Waals surface area contributed by atoms with Crippen LogP contribution in [0.2, 0.25) is 0 Å². The first-order chi connectivity index (χ1) is 8.02. The summed E-state index contributed by atoms with van der Waals surface area (Å²) in [4.78, 5) is 20.0. The fraction of sp³-hybridized carbons (Fsp3) is 0.273. The lowest BCUT2D eigenvalue weighted by Gasteiger charge is -2.03. The molecule has 0 spiro atoms. The molecule has 1 N–H and O–H groups in total. The van der Waals surface area contributed by atoms with E-state index in [1.165, 1.54) is 11.3 Å². The van der Waals surface area contributed by atoms with Gasteiger partial charge in [0.15, 0.2) is 5.82 Å². The first-order valence-corrected chi connectivity index (χ1v) is 7.48. The maximum atomic E-state index is 11.8. The summed E-state index contributed by atoms with van der Waals surface area (Å²) in [5, 5.41) is 0. The normalized spacial score (nSPS) is 10.8. The number of aromatic nitrogens is 2. The van der Waals surface area contributed by atoms with Crippen molar-refractivity contribution in [1.82, 2.24) is 9.97 Å². The van der Waals surface area contributed by atoms with E-state index in [1.54, 1.807) is 6.92 Å². The van der Waals surface area contributed by atoms with Gasteiger partial charge in [-0.05, 0) is 51.3 Å². The van der Waals surface area contributed by atoms with Crippen LogP contribution in [0.4, 0.5) is 0 Å². The van der Waals surface area contributed by atoms with Crippen molar-refractivity contribution < 1.29 is 0 Å². The van der Waals surface area contributed by atoms with Crippen molar-refractivity contribution in [3.63, 3.8) is 0 Å². The van der Waals surface area contributed by atoms with E-state index in [-0.39, 0.29) is 5.56 Å². The number of rotatable bonds is 2. The first-order valence-electron chi connectivity index (χ1n) is 5.08. The minimum Gasteiger partial charge on any atom is -0.306 e. The number of thiophene rings is 1. The molecule has 2 aromatic heterocycles. The van der Waals surface area contributed by atoms with Crippen LogP contribution in [0.3, 0.4) is 0 Å². The smallest absolute Gasteiger partial charge is 0.254 e. The highest BCUT2D eigenvalue weighted by Gasteiger charge is 2.11. The van der Waals surface area contributed by atoms with Crippen LogP contribution < -0.4 is 5.56 Å². The lowest BCUT2D eigenvalue weighted by molar-refractivity contribution is 0.957. The summed E-state index contributed by atoms with van der Waals surface area (Å²) in [7, 11) is 0. The Morgan fingerprint density at radius 2 is 2.18 bits per heavy atom. The van der Waals surface area contributed by atoms with Crippen LogP contribution in [0.25, 0.3) is 10.7 Å². The molecule has 3 nitrogen and oxygen atoms in total. The molecule has 0 aliphatic carbocycles. The molecule has 0 aromatic carbocycles. The summed E-state index contributed by atoms with van der Waals surface area (Å²) in [6.45, 7) is 3.80. The molecule has 0 atom stereocenters. The van der Waals surface area contributed by atoms with E-state index in [2.05, 4.69) is 41.8 Å². The van der Waals surface area contributed by atoms with E-state index in [4.69, 9.17) is 0 Å². The predicted molar refractivity (Wildman–Crippen MR) is 77.7 cm³/mol. The van der Waals surface area contributed by atoms with Gasteiger partial charge in [-0.25, -0.2) is 4.98 Å². The fourth-order valence-electron chi connectivity index (χ4n) is 1.50. The Morgan fingerprint density at radius 1 is 1.47 bits per heavy atom. The molecule has 0 saturated carbocycles. The second-order valence-electron chi connectivity index (χ2n) is 3.57. The van der Waals surface area contributed by atoms with Crippen LogP contribution in [-0.4, -0.2) is 9.97 Å². The van der Waals surface area contributed by atoms with Gasteiger partial charge in [0, 0.05) is 10.0 Å². The lowest BCUT2D eigenvalue weighted by Crippen LogP contribution is -2.15. The predicted octanol–water partition coefficient (Wildman–Crippen LogP) is 3.89. The average Bonchev–Trinajstić information content (AvgIpc) is 2.63. The Labute approximate surface area is 120 Å². The zero-order chi connectivity index (χ0) is 12.6. The van der Waals surface area contributed by atoms with Gasteiger partial charge in [-0.15, -0.1) is 11.3 Å². The molecule has 0 amide bonds. The van der Waals surface area contributed by atoms with Gasteiger partial charge in [-0.1, -0.05) is 6.92 Å². The number of H-pyrrole nitrogens is 1. The van der Waals surface area contributed by atoms with Crippen molar-refractivity contribution in [2.45, 2.75) is 20.3 Å². The van der Waals surface area contributed by atoms with Crippen molar-refractivity contribution in [2.75, 3.05) is 0 Å². The van der Waals surface area contributed by atoms with E-state index in [0.29, 0.717) is 11.4 Å². The number of nitrogens with one attached hydrogen (secondary N) is 1. The van der Waals surface area contributed by atoms with Gasteiger partial charge in [0.2, 0.25) is 0 Å². The van der Waals surface area contributed by atoms with Gasteiger partial charge in [0.05, 0.1) is 14.4 Å². The Balaban J connectivity index is 2.60. The van der Waals surface area contributed by atoms with Crippen molar-refractivity contribution in [3.05, 3.63) is 35.9 Å². The molecule has 0 radical (unpaired) electrons. The number of hydrogen-bond acceptors (Lipinski definition) is 3. The van der Waals surface area contributed by atoms with Crippen molar-refractivity contribution in [3.8, 4) is 10.7 Å². The second-order valence-corrected chi connectivity index (χ2v) is 6.80. The van der Waals surface area contributed by atoms with Gasteiger partial charge < -0.3 is 4.98 Å². The van der Waals surface area contributed by atoms with E-state index < -0.39 is 0 Å². The minimum absolute atomic E-state index is 0.0625. The number of hydrogen-bond donors (Lipinski definition) is 1. The van der Waals surface area contributed by atoms with E-state index >= 15 is 0 Å². The summed E-state index contributed by atoms with van der Waals surface area (Å²) in [6, 6.07) is 1.95. The van der Waals surface area contributed by atoms with Gasteiger partial charge in [0.1, 0.15) is 0 Å². The summed E-state index contributed by atoms with van der Waals surface area (Å²) >= 11 is 8.40. The van der Waals surface area contributed by atoms with Crippen LogP contribution in [0, 0.1) is 6.92 Å². The average molecular weight is 378 g/mol. The number of nitrogens with zero attached hydrogens (tertiary/aromatic N) is 1. The second kappa shape index (κ2) is 5.04. The van der Waals surface area contributed by atoms with E-state index in [0.717, 1.165) is 25.3 Å². The molecule has 2 aromatic rings. The molecule has 2 heterocycles. The monoisotopic (exact) mass is 376 g/mol. The maximum absolute atomic E-state index is 11.8. The summed E-state index contributed by atoms with van der Waals surface area (Å²) < 4.78 is 1.97. The number of aromatic amines is 1. The van der Waals surface area contributed by atoms with Crippen molar-refractivity contribution in [2.24, 2.45) is 0 Å². The van der Waals surface area contributed by atoms with Gasteiger partial charge in [-0.2, -0.15) is 0 Å². The molecule has 6 heteroatoms. The largest absolute Gasteiger partial charge is 0.306 e. The van der Waals surface area contributed by atoms with Gasteiger partial charge >= 0.3 is 0 Å². The highest BCUT2D eigenvalue weighted by atomic mass is 79.9. The third-order valence-corrected chi connectivity index (χ3v) is 5.73. The Morgan fingerprint density at radius 3 is 2.71 bits per heavy atom. The van der Waals surface area contributed by atoms with Crippen LogP contribution in [0.15, 0.2) is 19.1 Å². The molecule has 0 aliphatic heterocycles. The third-order valence-electron chi connectivity index (χ3n) is 2.47. The third kappa shape index (κ3) is 2.53. The molecule has 17 heavy (non-hydrogen) atoms.